The molecule has 0 radical (unpaired) electrons. The molecule has 2 heterocycles. The predicted octanol–water partition coefficient (Wildman–Crippen LogP) is 5.81. The fourth-order valence-corrected chi connectivity index (χ4v) is 4.69. The normalized spacial score (nSPS) is 13.0. The van der Waals surface area contributed by atoms with Crippen LogP contribution in [0.2, 0.25) is 10.0 Å². The molecule has 13 heteroatoms. The number of alkyl halides is 3. The lowest BCUT2D eigenvalue weighted by Gasteiger charge is -2.22. The summed E-state index contributed by atoms with van der Waals surface area (Å²) in [5.74, 6) is -1.23. The zero-order valence-corrected chi connectivity index (χ0v) is 19.1. The van der Waals surface area contributed by atoms with E-state index in [9.17, 15) is 21.6 Å². The smallest absolute Gasteiger partial charge is 0.429 e. The number of hydrogen-bond acceptors (Lipinski definition) is 6. The monoisotopic (exact) mass is 528 g/mol. The second kappa shape index (κ2) is 9.24. The van der Waals surface area contributed by atoms with E-state index in [1.807, 2.05) is 0 Å². The van der Waals surface area contributed by atoms with Crippen LogP contribution in [0.3, 0.4) is 0 Å². The Morgan fingerprint density at radius 2 is 1.59 bits per heavy atom. The molecule has 1 atom stereocenters. The summed E-state index contributed by atoms with van der Waals surface area (Å²) in [6.45, 7) is 0. The molecule has 0 saturated heterocycles. The molecule has 1 unspecified atom stereocenters. The summed E-state index contributed by atoms with van der Waals surface area (Å²) in [6.07, 6.45) is -5.06. The van der Waals surface area contributed by atoms with E-state index in [1.165, 1.54) is 36.5 Å². The van der Waals surface area contributed by atoms with Crippen molar-refractivity contribution in [3.8, 4) is 5.88 Å². The van der Waals surface area contributed by atoms with Crippen molar-refractivity contribution < 1.29 is 26.3 Å². The van der Waals surface area contributed by atoms with Gasteiger partial charge in [0.25, 0.3) is 15.9 Å². The van der Waals surface area contributed by atoms with Gasteiger partial charge in [-0.25, -0.2) is 18.4 Å². The number of para-hydroxylation sites is 2. The summed E-state index contributed by atoms with van der Waals surface area (Å²) in [7, 11) is -4.38. The van der Waals surface area contributed by atoms with Gasteiger partial charge in [0, 0.05) is 28.0 Å². The van der Waals surface area contributed by atoms with Crippen molar-refractivity contribution in [2.45, 2.75) is 17.2 Å². The molecule has 2 aromatic heterocycles. The first-order chi connectivity index (χ1) is 16.0. The molecule has 0 aliphatic heterocycles. The molecule has 7 nitrogen and oxygen atoms in total. The van der Waals surface area contributed by atoms with Gasteiger partial charge in [0.15, 0.2) is 0 Å². The number of benzene rings is 2. The number of nitrogens with one attached hydrogen (secondary N) is 1. The summed E-state index contributed by atoms with van der Waals surface area (Å²) in [6, 6.07) is 12.3. The third-order valence-electron chi connectivity index (χ3n) is 4.43. The van der Waals surface area contributed by atoms with E-state index < -0.39 is 34.0 Å². The van der Waals surface area contributed by atoms with Gasteiger partial charge >= 0.3 is 6.18 Å². The summed E-state index contributed by atoms with van der Waals surface area (Å²) < 4.78 is 74.9. The van der Waals surface area contributed by atoms with Crippen LogP contribution in [0.5, 0.6) is 5.88 Å². The van der Waals surface area contributed by atoms with Gasteiger partial charge in [-0.2, -0.15) is 13.2 Å². The number of hydrogen-bond donors (Lipinski definition) is 1. The lowest BCUT2D eigenvalue weighted by molar-refractivity contribution is -0.198. The molecule has 1 N–H and O–H groups in total. The maximum atomic E-state index is 13.9. The van der Waals surface area contributed by atoms with Crippen molar-refractivity contribution >= 4 is 50.1 Å². The minimum absolute atomic E-state index is 0.0441. The predicted molar refractivity (Wildman–Crippen MR) is 120 cm³/mol. The largest absolute Gasteiger partial charge is 0.457 e. The number of pyridine rings is 1. The third kappa shape index (κ3) is 5.32. The highest BCUT2D eigenvalue weighted by Gasteiger charge is 2.44. The zero-order valence-electron chi connectivity index (χ0n) is 16.8. The van der Waals surface area contributed by atoms with Crippen molar-refractivity contribution in [1.29, 1.82) is 0 Å². The number of aromatic nitrogens is 3. The Morgan fingerprint density at radius 1 is 0.941 bits per heavy atom. The number of ether oxygens (including phenoxy) is 1. The van der Waals surface area contributed by atoms with E-state index in [0.29, 0.717) is 0 Å². The molecule has 0 aliphatic rings. The van der Waals surface area contributed by atoms with Crippen LogP contribution in [0.1, 0.15) is 11.7 Å². The third-order valence-corrected chi connectivity index (χ3v) is 6.18. The SMILES string of the molecule is O=S(=O)(Nc1nc2ccccc2nc1OC(c1cccnc1)C(F)(F)F)c1cc(Cl)cc(Cl)c1. The first kappa shape index (κ1) is 24.0. The van der Waals surface area contributed by atoms with E-state index >= 15 is 0 Å². The summed E-state index contributed by atoms with van der Waals surface area (Å²) in [5.41, 5.74) is 0.111. The van der Waals surface area contributed by atoms with Crippen LogP contribution in [-0.2, 0) is 10.0 Å². The number of sulfonamides is 1. The van der Waals surface area contributed by atoms with Crippen LogP contribution < -0.4 is 9.46 Å². The van der Waals surface area contributed by atoms with Gasteiger partial charge < -0.3 is 4.74 Å². The minimum Gasteiger partial charge on any atom is -0.457 e. The highest BCUT2D eigenvalue weighted by molar-refractivity contribution is 7.92. The van der Waals surface area contributed by atoms with E-state index in [0.717, 1.165) is 18.3 Å². The van der Waals surface area contributed by atoms with E-state index in [2.05, 4.69) is 19.7 Å². The van der Waals surface area contributed by atoms with Gasteiger partial charge in [-0.3, -0.25) is 9.71 Å². The Kier molecular flexibility index (Phi) is 6.52. The minimum atomic E-state index is -4.87. The molecule has 0 amide bonds. The Morgan fingerprint density at radius 3 is 2.18 bits per heavy atom. The maximum absolute atomic E-state index is 13.9. The molecule has 2 aromatic carbocycles. The lowest BCUT2D eigenvalue weighted by atomic mass is 10.1. The van der Waals surface area contributed by atoms with Gasteiger partial charge in [0.05, 0.1) is 15.9 Å². The molecule has 0 spiro atoms. The molecule has 0 aliphatic carbocycles. The molecule has 0 saturated carbocycles. The molecule has 34 heavy (non-hydrogen) atoms. The Labute approximate surface area is 201 Å². The van der Waals surface area contributed by atoms with Crippen molar-refractivity contribution in [3.63, 3.8) is 0 Å². The van der Waals surface area contributed by atoms with Crippen LogP contribution in [0, 0.1) is 0 Å². The number of halogens is 5. The maximum Gasteiger partial charge on any atom is 0.429 e. The molecule has 4 aromatic rings. The van der Waals surface area contributed by atoms with Crippen LogP contribution in [-0.4, -0.2) is 29.5 Å². The van der Waals surface area contributed by atoms with Crippen molar-refractivity contribution in [2.75, 3.05) is 4.72 Å². The summed E-state index contributed by atoms with van der Waals surface area (Å²) in [4.78, 5) is 11.6. The summed E-state index contributed by atoms with van der Waals surface area (Å²) >= 11 is 11.8. The van der Waals surface area contributed by atoms with E-state index in [1.54, 1.807) is 12.1 Å². The molecule has 4 rings (SSSR count). The summed E-state index contributed by atoms with van der Waals surface area (Å²) in [5, 5.41) is 0.0883. The van der Waals surface area contributed by atoms with Crippen LogP contribution in [0.4, 0.5) is 19.0 Å². The van der Waals surface area contributed by atoms with Gasteiger partial charge in [0.1, 0.15) is 0 Å². The number of fused-ring (bicyclic) bond motifs is 1. The van der Waals surface area contributed by atoms with Crippen molar-refractivity contribution in [2.24, 2.45) is 0 Å². The zero-order chi connectivity index (χ0) is 24.5. The van der Waals surface area contributed by atoms with Gasteiger partial charge in [-0.15, -0.1) is 0 Å². The van der Waals surface area contributed by atoms with E-state index in [-0.39, 0.29) is 31.5 Å². The Hall–Kier alpha value is -3.15. The van der Waals surface area contributed by atoms with Crippen LogP contribution >= 0.6 is 23.2 Å². The van der Waals surface area contributed by atoms with Crippen LogP contribution in [0.25, 0.3) is 11.0 Å². The number of anilines is 1. The Bertz CT molecular complexity index is 1430. The fourth-order valence-electron chi connectivity index (χ4n) is 2.97. The average Bonchev–Trinajstić information content (AvgIpc) is 2.76. The second-order valence-electron chi connectivity index (χ2n) is 6.90. The first-order valence-electron chi connectivity index (χ1n) is 9.42. The first-order valence-corrected chi connectivity index (χ1v) is 11.7. The molecule has 0 bridgehead atoms. The average molecular weight is 529 g/mol. The van der Waals surface area contributed by atoms with Crippen molar-refractivity contribution in [1.82, 2.24) is 15.0 Å². The molecular weight excluding hydrogens is 516 g/mol. The lowest BCUT2D eigenvalue weighted by Crippen LogP contribution is -2.27. The standard InChI is InChI=1S/C21H13Cl2F3N4O3S/c22-13-8-14(23)10-15(9-13)34(31,32)30-19-20(29-17-6-2-1-5-16(17)28-19)33-18(21(24,25)26)12-4-3-7-27-11-12/h1-11,18H,(H,28,30). The van der Waals surface area contributed by atoms with Gasteiger partial charge in [0.2, 0.25) is 11.9 Å². The highest BCUT2D eigenvalue weighted by atomic mass is 35.5. The number of rotatable bonds is 6. The molecule has 0 fully saturated rings. The quantitative estimate of drug-likeness (QED) is 0.339. The Balaban J connectivity index is 1.82. The fraction of sp³-hybridized carbons (Fsp3) is 0.0952. The number of nitrogens with zero attached hydrogens (tertiary/aromatic N) is 3. The highest BCUT2D eigenvalue weighted by Crippen LogP contribution is 2.38. The van der Waals surface area contributed by atoms with Gasteiger partial charge in [-0.05, 0) is 36.4 Å². The topological polar surface area (TPSA) is 94.1 Å². The van der Waals surface area contributed by atoms with Crippen molar-refractivity contribution in [3.05, 3.63) is 82.6 Å². The second-order valence-corrected chi connectivity index (χ2v) is 9.46. The van der Waals surface area contributed by atoms with Crippen LogP contribution in [0.15, 0.2) is 71.9 Å². The van der Waals surface area contributed by atoms with Gasteiger partial charge in [-0.1, -0.05) is 41.4 Å². The molecule has 176 valence electrons. The van der Waals surface area contributed by atoms with E-state index in [4.69, 9.17) is 27.9 Å². The molecular formula is C21H13Cl2F3N4O3S.